The monoisotopic (exact) mass is 348 g/mol. The Hall–Kier alpha value is -0.820. The Morgan fingerprint density at radius 1 is 1.47 bits per heavy atom. The molecule has 0 aliphatic carbocycles. The van der Waals surface area contributed by atoms with Crippen molar-refractivity contribution in [3.8, 4) is 0 Å². The number of thiol groups is 1. The first kappa shape index (κ1) is 16.2. The maximum atomic E-state index is 12.1. The van der Waals surface area contributed by atoms with E-state index in [2.05, 4.69) is 28.6 Å². The minimum absolute atomic E-state index is 0.123. The number of hydrogen-bond acceptors (Lipinski definition) is 4. The Kier molecular flexibility index (Phi) is 5.61. The van der Waals surface area contributed by atoms with Crippen LogP contribution < -0.4 is 5.56 Å². The second-order valence-electron chi connectivity index (χ2n) is 4.60. The Morgan fingerprint density at radius 3 is 2.47 bits per heavy atom. The van der Waals surface area contributed by atoms with Gasteiger partial charge in [-0.2, -0.15) is 12.6 Å². The Bertz CT molecular complexity index is 518. The van der Waals surface area contributed by atoms with E-state index in [0.717, 1.165) is 12.8 Å². The van der Waals surface area contributed by atoms with E-state index in [1.807, 2.05) is 13.8 Å². The molecule has 0 N–H and O–H groups in total. The van der Waals surface area contributed by atoms with Gasteiger partial charge < -0.3 is 4.57 Å². The van der Waals surface area contributed by atoms with Gasteiger partial charge in [0, 0.05) is 23.3 Å². The number of nitrogens with zero attached hydrogens (tertiary/aromatic N) is 2. The lowest BCUT2D eigenvalue weighted by Crippen LogP contribution is -2.33. The molecule has 0 spiro atoms. The Labute approximate surface area is 125 Å². The highest BCUT2D eigenvalue weighted by molar-refractivity contribution is 9.10. The minimum atomic E-state index is -0.649. The van der Waals surface area contributed by atoms with Crippen molar-refractivity contribution >= 4 is 34.2 Å². The van der Waals surface area contributed by atoms with E-state index in [0.29, 0.717) is 16.8 Å². The predicted octanol–water partition coefficient (Wildman–Crippen LogP) is 3.26. The molecule has 1 aromatic heterocycles. The fraction of sp³-hybridized carbons (Fsp3) is 0.583. The van der Waals surface area contributed by atoms with E-state index in [1.54, 1.807) is 6.20 Å². The molecule has 19 heavy (non-hydrogen) atoms. The Morgan fingerprint density at radius 2 is 2.05 bits per heavy atom. The highest BCUT2D eigenvalue weighted by atomic mass is 79.9. The summed E-state index contributed by atoms with van der Waals surface area (Å²) in [4.78, 5) is 22.3. The van der Waals surface area contributed by atoms with Crippen LogP contribution in [-0.4, -0.2) is 15.2 Å². The molecule has 0 aliphatic heterocycles. The highest BCUT2D eigenvalue weighted by Gasteiger charge is 2.27. The topological polar surface area (TPSA) is 65.1 Å². The zero-order valence-electron chi connectivity index (χ0n) is 10.9. The lowest BCUT2D eigenvalue weighted by atomic mass is 9.84. The molecular weight excluding hydrogens is 332 g/mol. The zero-order chi connectivity index (χ0) is 14.6. The molecule has 0 aliphatic rings. The second kappa shape index (κ2) is 6.56. The smallest absolute Gasteiger partial charge is 0.308 e. The number of pyridine rings is 1. The molecule has 1 heterocycles. The molecule has 0 atom stereocenters. The summed E-state index contributed by atoms with van der Waals surface area (Å²) in [7, 11) is 0. The van der Waals surface area contributed by atoms with Gasteiger partial charge in [-0.25, -0.2) is 0 Å². The summed E-state index contributed by atoms with van der Waals surface area (Å²) in [5, 5.41) is 10.9. The molecule has 0 bridgehead atoms. The van der Waals surface area contributed by atoms with Crippen LogP contribution in [-0.2, 0) is 6.54 Å². The summed E-state index contributed by atoms with van der Waals surface area (Å²) >= 11 is 7.56. The SMILES string of the molecule is CCC(CC)(CS)Cn1cc(Br)cc([N+](=O)[O-])c1=O. The van der Waals surface area contributed by atoms with E-state index < -0.39 is 16.2 Å². The van der Waals surface area contributed by atoms with Crippen molar-refractivity contribution in [2.24, 2.45) is 5.41 Å². The van der Waals surface area contributed by atoms with Crippen LogP contribution in [0.15, 0.2) is 21.5 Å². The average Bonchev–Trinajstić information content (AvgIpc) is 2.39. The maximum Gasteiger partial charge on any atom is 0.335 e. The molecule has 106 valence electrons. The van der Waals surface area contributed by atoms with E-state index >= 15 is 0 Å². The summed E-state index contributed by atoms with van der Waals surface area (Å²) in [6.07, 6.45) is 3.32. The van der Waals surface area contributed by atoms with Crippen LogP contribution in [0.5, 0.6) is 0 Å². The molecule has 1 rings (SSSR count). The van der Waals surface area contributed by atoms with Crippen LogP contribution in [0.1, 0.15) is 26.7 Å². The third-order valence-electron chi connectivity index (χ3n) is 3.57. The first-order valence-corrected chi connectivity index (χ1v) is 7.47. The zero-order valence-corrected chi connectivity index (χ0v) is 13.4. The van der Waals surface area contributed by atoms with Gasteiger partial charge in [-0.15, -0.1) is 0 Å². The normalized spacial score (nSPS) is 11.6. The largest absolute Gasteiger partial charge is 0.335 e. The molecule has 0 radical (unpaired) electrons. The highest BCUT2D eigenvalue weighted by Crippen LogP contribution is 2.30. The Balaban J connectivity index is 3.28. The lowest BCUT2D eigenvalue weighted by molar-refractivity contribution is -0.386. The summed E-state index contributed by atoms with van der Waals surface area (Å²) in [5.74, 6) is 0.632. The first-order chi connectivity index (χ1) is 8.89. The molecular formula is C12H17BrN2O3S. The third-order valence-corrected chi connectivity index (χ3v) is 4.68. The summed E-state index contributed by atoms with van der Waals surface area (Å²) in [5.41, 5.74) is -1.10. The van der Waals surface area contributed by atoms with Crippen LogP contribution >= 0.6 is 28.6 Å². The average molecular weight is 349 g/mol. The number of nitro groups is 1. The van der Waals surface area contributed by atoms with Gasteiger partial charge in [0.15, 0.2) is 0 Å². The number of aromatic nitrogens is 1. The second-order valence-corrected chi connectivity index (χ2v) is 5.83. The fourth-order valence-corrected chi connectivity index (χ4v) is 2.95. The molecule has 0 saturated carbocycles. The van der Waals surface area contributed by atoms with Crippen molar-refractivity contribution in [1.82, 2.24) is 4.57 Å². The molecule has 0 fully saturated rings. The number of hydrogen-bond donors (Lipinski definition) is 1. The summed E-state index contributed by atoms with van der Waals surface area (Å²) in [6, 6.07) is 1.24. The van der Waals surface area contributed by atoms with Crippen LogP contribution in [0.3, 0.4) is 0 Å². The van der Waals surface area contributed by atoms with Crippen molar-refractivity contribution < 1.29 is 4.92 Å². The molecule has 0 aromatic carbocycles. The van der Waals surface area contributed by atoms with Gasteiger partial charge in [-0.05, 0) is 39.9 Å². The summed E-state index contributed by atoms with van der Waals surface area (Å²) < 4.78 is 1.94. The van der Waals surface area contributed by atoms with Crippen LogP contribution in [0.2, 0.25) is 0 Å². The van der Waals surface area contributed by atoms with Gasteiger partial charge in [0.25, 0.3) is 0 Å². The van der Waals surface area contributed by atoms with E-state index in [-0.39, 0.29) is 5.41 Å². The van der Waals surface area contributed by atoms with Crippen molar-refractivity contribution in [2.75, 3.05) is 5.75 Å². The maximum absolute atomic E-state index is 12.1. The van der Waals surface area contributed by atoms with Gasteiger partial charge in [-0.1, -0.05) is 13.8 Å². The van der Waals surface area contributed by atoms with Gasteiger partial charge in [-0.3, -0.25) is 14.9 Å². The lowest BCUT2D eigenvalue weighted by Gasteiger charge is -2.30. The van der Waals surface area contributed by atoms with Crippen molar-refractivity contribution in [3.63, 3.8) is 0 Å². The third kappa shape index (κ3) is 3.60. The van der Waals surface area contributed by atoms with Crippen LogP contribution in [0.4, 0.5) is 5.69 Å². The molecule has 1 aromatic rings. The summed E-state index contributed by atoms with van der Waals surface area (Å²) in [6.45, 7) is 4.51. The van der Waals surface area contributed by atoms with Gasteiger partial charge >= 0.3 is 11.2 Å². The minimum Gasteiger partial charge on any atom is -0.308 e. The van der Waals surface area contributed by atoms with E-state index in [4.69, 9.17) is 0 Å². The van der Waals surface area contributed by atoms with Gasteiger partial charge in [0.05, 0.1) is 4.92 Å². The molecule has 5 nitrogen and oxygen atoms in total. The first-order valence-electron chi connectivity index (χ1n) is 6.04. The van der Waals surface area contributed by atoms with Crippen LogP contribution in [0.25, 0.3) is 0 Å². The fourth-order valence-electron chi connectivity index (χ4n) is 1.94. The molecule has 0 amide bonds. The molecule has 0 unspecified atom stereocenters. The number of halogens is 1. The van der Waals surface area contributed by atoms with E-state index in [1.165, 1.54) is 10.6 Å². The van der Waals surface area contributed by atoms with Crippen molar-refractivity contribution in [2.45, 2.75) is 33.2 Å². The van der Waals surface area contributed by atoms with Crippen LogP contribution in [0, 0.1) is 15.5 Å². The standard InChI is InChI=1S/C12H17BrN2O3S/c1-3-12(4-2,8-19)7-14-6-9(13)5-10(11(14)16)15(17)18/h5-6,19H,3-4,7-8H2,1-2H3. The molecule has 7 heteroatoms. The van der Waals surface area contributed by atoms with Crippen molar-refractivity contribution in [1.29, 1.82) is 0 Å². The van der Waals surface area contributed by atoms with Crippen molar-refractivity contribution in [3.05, 3.63) is 37.2 Å². The molecule has 0 saturated heterocycles. The predicted molar refractivity (Wildman–Crippen MR) is 81.9 cm³/mol. The van der Waals surface area contributed by atoms with Gasteiger partial charge in [0.1, 0.15) is 0 Å². The van der Waals surface area contributed by atoms with E-state index in [9.17, 15) is 14.9 Å². The quantitative estimate of drug-likeness (QED) is 0.487. The number of rotatable bonds is 6. The van der Waals surface area contributed by atoms with Gasteiger partial charge in [0.2, 0.25) is 0 Å².